The Kier molecular flexibility index (Phi) is 5.24. The van der Waals surface area contributed by atoms with Crippen molar-refractivity contribution in [1.29, 1.82) is 0 Å². The average molecular weight is 386 g/mol. The van der Waals surface area contributed by atoms with Gasteiger partial charge in [-0.05, 0) is 36.8 Å². The number of aromatic nitrogens is 3. The highest BCUT2D eigenvalue weighted by Gasteiger charge is 2.14. The summed E-state index contributed by atoms with van der Waals surface area (Å²) in [6.45, 7) is 3.21. The SMILES string of the molecule is Cc1ccc(Cn2c(=O)n(CCNC(=O)c3ccccc3)c3ncccc32)cc1. The Balaban J connectivity index is 1.56. The number of carbonyl (C=O) groups excluding carboxylic acids is 1. The van der Waals surface area contributed by atoms with Gasteiger partial charge in [-0.25, -0.2) is 9.78 Å². The molecule has 146 valence electrons. The molecule has 1 N–H and O–H groups in total. The predicted octanol–water partition coefficient (Wildman–Crippen LogP) is 2.98. The Hall–Kier alpha value is -3.67. The van der Waals surface area contributed by atoms with Crippen LogP contribution in [0.5, 0.6) is 0 Å². The van der Waals surface area contributed by atoms with Gasteiger partial charge in [-0.15, -0.1) is 0 Å². The van der Waals surface area contributed by atoms with Gasteiger partial charge >= 0.3 is 5.69 Å². The maximum absolute atomic E-state index is 13.1. The first-order valence-electron chi connectivity index (χ1n) is 9.56. The van der Waals surface area contributed by atoms with Gasteiger partial charge in [0, 0.05) is 24.8 Å². The van der Waals surface area contributed by atoms with Crippen molar-refractivity contribution >= 4 is 17.1 Å². The van der Waals surface area contributed by atoms with Crippen molar-refractivity contribution in [3.63, 3.8) is 0 Å². The van der Waals surface area contributed by atoms with E-state index >= 15 is 0 Å². The lowest BCUT2D eigenvalue weighted by Gasteiger charge is -2.06. The van der Waals surface area contributed by atoms with Crippen LogP contribution in [0.25, 0.3) is 11.2 Å². The fourth-order valence-electron chi connectivity index (χ4n) is 3.35. The van der Waals surface area contributed by atoms with Crippen LogP contribution in [-0.4, -0.2) is 26.6 Å². The average Bonchev–Trinajstić information content (AvgIpc) is 3.02. The summed E-state index contributed by atoms with van der Waals surface area (Å²) in [6.07, 6.45) is 1.68. The molecule has 4 rings (SSSR count). The number of hydrogen-bond donors (Lipinski definition) is 1. The third-order valence-corrected chi connectivity index (χ3v) is 4.89. The maximum Gasteiger partial charge on any atom is 0.330 e. The summed E-state index contributed by atoms with van der Waals surface area (Å²) in [4.78, 5) is 29.7. The molecule has 6 nitrogen and oxygen atoms in total. The molecule has 0 aliphatic rings. The van der Waals surface area contributed by atoms with Gasteiger partial charge in [0.05, 0.1) is 12.1 Å². The largest absolute Gasteiger partial charge is 0.350 e. The van der Waals surface area contributed by atoms with Crippen molar-refractivity contribution in [3.8, 4) is 0 Å². The number of imidazole rings is 1. The highest BCUT2D eigenvalue weighted by molar-refractivity contribution is 5.94. The standard InChI is InChI=1S/C23H22N4O2/c1-17-9-11-18(12-10-17)16-27-20-8-5-13-24-21(20)26(23(27)29)15-14-25-22(28)19-6-3-2-4-7-19/h2-13H,14-16H2,1H3,(H,25,28). The van der Waals surface area contributed by atoms with E-state index < -0.39 is 0 Å². The van der Waals surface area contributed by atoms with Crippen LogP contribution in [0.1, 0.15) is 21.5 Å². The summed E-state index contributed by atoms with van der Waals surface area (Å²) in [5.74, 6) is -0.157. The first-order valence-corrected chi connectivity index (χ1v) is 9.56. The second kappa shape index (κ2) is 8.14. The molecule has 0 bridgehead atoms. The third kappa shape index (κ3) is 3.96. The van der Waals surface area contributed by atoms with Gasteiger partial charge in [0.25, 0.3) is 5.91 Å². The molecule has 6 heteroatoms. The van der Waals surface area contributed by atoms with Crippen LogP contribution >= 0.6 is 0 Å². The molecule has 0 aliphatic heterocycles. The lowest BCUT2D eigenvalue weighted by Crippen LogP contribution is -2.32. The van der Waals surface area contributed by atoms with E-state index in [-0.39, 0.29) is 11.6 Å². The van der Waals surface area contributed by atoms with Crippen molar-refractivity contribution < 1.29 is 4.79 Å². The molecule has 0 unspecified atom stereocenters. The van der Waals surface area contributed by atoms with E-state index in [9.17, 15) is 9.59 Å². The number of carbonyl (C=O) groups is 1. The Bertz CT molecular complexity index is 1190. The molecule has 0 saturated heterocycles. The topological polar surface area (TPSA) is 68.9 Å². The molecular weight excluding hydrogens is 364 g/mol. The van der Waals surface area contributed by atoms with Gasteiger partial charge in [0.2, 0.25) is 0 Å². The molecule has 1 amide bonds. The van der Waals surface area contributed by atoms with Crippen molar-refractivity contribution in [2.75, 3.05) is 6.54 Å². The summed E-state index contributed by atoms with van der Waals surface area (Å²) in [5, 5.41) is 2.87. The monoisotopic (exact) mass is 386 g/mol. The van der Waals surface area contributed by atoms with Gasteiger partial charge in [0.1, 0.15) is 0 Å². The van der Waals surface area contributed by atoms with E-state index in [4.69, 9.17) is 0 Å². The fourth-order valence-corrected chi connectivity index (χ4v) is 3.35. The maximum atomic E-state index is 13.1. The lowest BCUT2D eigenvalue weighted by molar-refractivity contribution is 0.0952. The van der Waals surface area contributed by atoms with E-state index in [1.54, 1.807) is 27.5 Å². The molecule has 4 aromatic rings. The summed E-state index contributed by atoms with van der Waals surface area (Å²) >= 11 is 0. The van der Waals surface area contributed by atoms with Gasteiger partial charge in [0.15, 0.2) is 5.65 Å². The van der Waals surface area contributed by atoms with Crippen LogP contribution in [0.3, 0.4) is 0 Å². The van der Waals surface area contributed by atoms with Crippen LogP contribution < -0.4 is 11.0 Å². The quantitative estimate of drug-likeness (QED) is 0.554. The Morgan fingerprint density at radius 1 is 0.966 bits per heavy atom. The molecule has 2 aromatic heterocycles. The molecule has 29 heavy (non-hydrogen) atoms. The number of amides is 1. The second-order valence-corrected chi connectivity index (χ2v) is 6.97. The summed E-state index contributed by atoms with van der Waals surface area (Å²) < 4.78 is 3.35. The smallest absolute Gasteiger partial charge is 0.330 e. The fraction of sp³-hybridized carbons (Fsp3) is 0.174. The number of aryl methyl sites for hydroxylation is 1. The van der Waals surface area contributed by atoms with Crippen LogP contribution in [0.15, 0.2) is 77.7 Å². The Morgan fingerprint density at radius 3 is 2.48 bits per heavy atom. The number of hydrogen-bond acceptors (Lipinski definition) is 3. The molecular formula is C23H22N4O2. The van der Waals surface area contributed by atoms with E-state index in [2.05, 4.69) is 10.3 Å². The first-order chi connectivity index (χ1) is 14.1. The highest BCUT2D eigenvalue weighted by atomic mass is 16.2. The van der Waals surface area contributed by atoms with Crippen LogP contribution in [0.2, 0.25) is 0 Å². The zero-order chi connectivity index (χ0) is 20.2. The van der Waals surface area contributed by atoms with Gasteiger partial charge < -0.3 is 5.32 Å². The minimum Gasteiger partial charge on any atom is -0.350 e. The van der Waals surface area contributed by atoms with Crippen molar-refractivity contribution in [2.24, 2.45) is 0 Å². The third-order valence-electron chi connectivity index (χ3n) is 4.89. The van der Waals surface area contributed by atoms with E-state index in [0.29, 0.717) is 30.8 Å². The number of nitrogens with zero attached hydrogens (tertiary/aromatic N) is 3. The molecule has 0 radical (unpaired) electrons. The van der Waals surface area contributed by atoms with Crippen molar-refractivity contribution in [2.45, 2.75) is 20.0 Å². The molecule has 2 aromatic carbocycles. The molecule has 2 heterocycles. The number of fused-ring (bicyclic) bond motifs is 1. The molecule has 0 aliphatic carbocycles. The summed E-state index contributed by atoms with van der Waals surface area (Å²) in [6, 6.07) is 20.9. The number of pyridine rings is 1. The van der Waals surface area contributed by atoms with E-state index in [1.165, 1.54) is 5.56 Å². The van der Waals surface area contributed by atoms with Gasteiger partial charge in [-0.1, -0.05) is 48.0 Å². The van der Waals surface area contributed by atoms with Gasteiger partial charge in [-0.3, -0.25) is 13.9 Å². The first kappa shape index (κ1) is 18.7. The highest BCUT2D eigenvalue weighted by Crippen LogP contribution is 2.13. The van der Waals surface area contributed by atoms with Gasteiger partial charge in [-0.2, -0.15) is 0 Å². The Labute approximate surface area is 168 Å². The van der Waals surface area contributed by atoms with Crippen molar-refractivity contribution in [3.05, 3.63) is 100 Å². The predicted molar refractivity (Wildman–Crippen MR) is 113 cm³/mol. The van der Waals surface area contributed by atoms with Crippen LogP contribution in [0.4, 0.5) is 0 Å². The Morgan fingerprint density at radius 2 is 1.72 bits per heavy atom. The zero-order valence-corrected chi connectivity index (χ0v) is 16.2. The number of nitrogens with one attached hydrogen (secondary N) is 1. The molecule has 0 fully saturated rings. The zero-order valence-electron chi connectivity index (χ0n) is 16.2. The van der Waals surface area contributed by atoms with E-state index in [1.807, 2.05) is 61.5 Å². The van der Waals surface area contributed by atoms with E-state index in [0.717, 1.165) is 11.1 Å². The minimum atomic E-state index is -0.157. The number of benzene rings is 2. The normalized spacial score (nSPS) is 10.9. The molecule has 0 spiro atoms. The van der Waals surface area contributed by atoms with Crippen LogP contribution in [-0.2, 0) is 13.1 Å². The molecule has 0 saturated carbocycles. The van der Waals surface area contributed by atoms with Crippen LogP contribution in [0, 0.1) is 6.92 Å². The number of rotatable bonds is 6. The molecule has 0 atom stereocenters. The lowest BCUT2D eigenvalue weighted by atomic mass is 10.1. The second-order valence-electron chi connectivity index (χ2n) is 6.97. The minimum absolute atomic E-state index is 0.131. The summed E-state index contributed by atoms with van der Waals surface area (Å²) in [5.41, 5.74) is 4.11. The van der Waals surface area contributed by atoms with Crippen molar-refractivity contribution in [1.82, 2.24) is 19.4 Å². The summed E-state index contributed by atoms with van der Waals surface area (Å²) in [7, 11) is 0.